The molecule has 1 aliphatic heterocycles. The van der Waals surface area contributed by atoms with Crippen LogP contribution in [0.5, 0.6) is 5.88 Å². The summed E-state index contributed by atoms with van der Waals surface area (Å²) in [6.07, 6.45) is 8.91. The van der Waals surface area contributed by atoms with Gasteiger partial charge in [0, 0.05) is 42.6 Å². The minimum Gasteiger partial charge on any atom is -0.474 e. The number of nitrogens with zero attached hydrogens (tertiary/aromatic N) is 4. The van der Waals surface area contributed by atoms with Crippen molar-refractivity contribution in [1.82, 2.24) is 30.4 Å². The van der Waals surface area contributed by atoms with Crippen LogP contribution in [0.2, 0.25) is 0 Å². The maximum absolute atomic E-state index is 6.21. The smallest absolute Gasteiger partial charge is 0.225 e. The SMILES string of the molecule is c1cc(-c2n[nH]c3ccnc(OC4CCOCC4)c23)cc(-c2cn[nH]c2)n1. The molecule has 8 heteroatoms. The molecule has 5 heterocycles. The Morgan fingerprint density at radius 2 is 1.96 bits per heavy atom. The van der Waals surface area contributed by atoms with Crippen LogP contribution in [-0.2, 0) is 4.74 Å². The van der Waals surface area contributed by atoms with Crippen LogP contribution in [0.25, 0.3) is 33.4 Å². The average Bonchev–Trinajstić information content (AvgIpc) is 3.40. The zero-order chi connectivity index (χ0) is 18.1. The molecule has 1 saturated heterocycles. The van der Waals surface area contributed by atoms with Crippen LogP contribution in [-0.4, -0.2) is 49.7 Å². The fourth-order valence-corrected chi connectivity index (χ4v) is 3.31. The minimum atomic E-state index is 0.110. The molecule has 0 radical (unpaired) electrons. The second-order valence-electron chi connectivity index (χ2n) is 6.46. The molecule has 1 aliphatic rings. The zero-order valence-corrected chi connectivity index (χ0v) is 14.6. The van der Waals surface area contributed by atoms with Crippen LogP contribution in [0.15, 0.2) is 43.0 Å². The summed E-state index contributed by atoms with van der Waals surface area (Å²) in [4.78, 5) is 8.91. The van der Waals surface area contributed by atoms with Crippen molar-refractivity contribution in [2.75, 3.05) is 13.2 Å². The summed E-state index contributed by atoms with van der Waals surface area (Å²) in [5, 5.41) is 15.3. The van der Waals surface area contributed by atoms with E-state index in [1.165, 1.54) is 0 Å². The molecular formula is C19H18N6O2. The van der Waals surface area contributed by atoms with E-state index in [1.54, 1.807) is 18.6 Å². The van der Waals surface area contributed by atoms with E-state index in [-0.39, 0.29) is 6.10 Å². The average molecular weight is 362 g/mol. The Balaban J connectivity index is 1.57. The second-order valence-corrected chi connectivity index (χ2v) is 6.46. The molecule has 136 valence electrons. The van der Waals surface area contributed by atoms with Crippen molar-refractivity contribution in [2.45, 2.75) is 18.9 Å². The van der Waals surface area contributed by atoms with Gasteiger partial charge in [0.05, 0.1) is 36.0 Å². The summed E-state index contributed by atoms with van der Waals surface area (Å²) in [5.41, 5.74) is 4.38. The predicted octanol–water partition coefficient (Wildman–Crippen LogP) is 2.97. The number of rotatable bonds is 4. The van der Waals surface area contributed by atoms with Gasteiger partial charge >= 0.3 is 0 Å². The number of hydrogen-bond acceptors (Lipinski definition) is 6. The van der Waals surface area contributed by atoms with Crippen LogP contribution in [0.4, 0.5) is 0 Å². The third kappa shape index (κ3) is 3.04. The standard InChI is InChI=1S/C19H18N6O2/c1-5-20-16(13-10-22-23-11-13)9-12(1)18-17-15(24-25-18)2-6-21-19(17)27-14-3-7-26-8-4-14/h1-2,5-6,9-11,14H,3-4,7-8H2,(H,22,23)(H,24,25). The van der Waals surface area contributed by atoms with Crippen LogP contribution in [0.1, 0.15) is 12.8 Å². The topological polar surface area (TPSA) is 102 Å². The highest BCUT2D eigenvalue weighted by Crippen LogP contribution is 2.34. The number of pyridine rings is 2. The molecule has 1 fully saturated rings. The van der Waals surface area contributed by atoms with Gasteiger partial charge in [-0.15, -0.1) is 0 Å². The summed E-state index contributed by atoms with van der Waals surface area (Å²) < 4.78 is 11.6. The molecule has 5 rings (SSSR count). The number of fused-ring (bicyclic) bond motifs is 1. The Labute approximate surface area is 155 Å². The van der Waals surface area contributed by atoms with Crippen LogP contribution in [0, 0.1) is 0 Å². The maximum atomic E-state index is 6.21. The summed E-state index contributed by atoms with van der Waals surface area (Å²) in [5.74, 6) is 0.602. The van der Waals surface area contributed by atoms with Gasteiger partial charge < -0.3 is 9.47 Å². The molecule has 0 spiro atoms. The van der Waals surface area contributed by atoms with Gasteiger partial charge in [-0.05, 0) is 18.2 Å². The van der Waals surface area contributed by atoms with Crippen molar-refractivity contribution >= 4 is 10.9 Å². The number of nitrogens with one attached hydrogen (secondary N) is 2. The van der Waals surface area contributed by atoms with E-state index in [2.05, 4.69) is 30.4 Å². The lowest BCUT2D eigenvalue weighted by atomic mass is 10.1. The van der Waals surface area contributed by atoms with Crippen molar-refractivity contribution < 1.29 is 9.47 Å². The van der Waals surface area contributed by atoms with Gasteiger partial charge in [0.1, 0.15) is 11.8 Å². The van der Waals surface area contributed by atoms with Crippen LogP contribution >= 0.6 is 0 Å². The molecule has 4 aromatic rings. The lowest BCUT2D eigenvalue weighted by Crippen LogP contribution is -2.26. The van der Waals surface area contributed by atoms with E-state index in [0.29, 0.717) is 5.88 Å². The minimum absolute atomic E-state index is 0.110. The molecule has 0 saturated carbocycles. The van der Waals surface area contributed by atoms with Gasteiger partial charge in [-0.1, -0.05) is 0 Å². The van der Waals surface area contributed by atoms with Gasteiger partial charge in [-0.2, -0.15) is 10.2 Å². The lowest BCUT2D eigenvalue weighted by Gasteiger charge is -2.23. The molecule has 0 aliphatic carbocycles. The molecule has 0 unspecified atom stereocenters. The monoisotopic (exact) mass is 362 g/mol. The summed E-state index contributed by atoms with van der Waals surface area (Å²) >= 11 is 0. The number of H-pyrrole nitrogens is 2. The Hall–Kier alpha value is -3.26. The van der Waals surface area contributed by atoms with E-state index >= 15 is 0 Å². The first-order valence-corrected chi connectivity index (χ1v) is 8.91. The zero-order valence-electron chi connectivity index (χ0n) is 14.6. The van der Waals surface area contributed by atoms with Crippen LogP contribution < -0.4 is 4.74 Å². The van der Waals surface area contributed by atoms with Crippen molar-refractivity contribution in [3.8, 4) is 28.4 Å². The third-order valence-electron chi connectivity index (χ3n) is 4.72. The molecule has 4 aromatic heterocycles. The number of hydrogen-bond donors (Lipinski definition) is 2. The van der Waals surface area contributed by atoms with Crippen molar-refractivity contribution in [3.63, 3.8) is 0 Å². The molecule has 0 aromatic carbocycles. The predicted molar refractivity (Wildman–Crippen MR) is 99.2 cm³/mol. The van der Waals surface area contributed by atoms with Crippen LogP contribution in [0.3, 0.4) is 0 Å². The molecule has 27 heavy (non-hydrogen) atoms. The largest absolute Gasteiger partial charge is 0.474 e. The molecular weight excluding hydrogens is 344 g/mol. The first-order chi connectivity index (χ1) is 13.4. The lowest BCUT2D eigenvalue weighted by molar-refractivity contribution is 0.0244. The highest BCUT2D eigenvalue weighted by Gasteiger charge is 2.20. The first kappa shape index (κ1) is 16.0. The first-order valence-electron chi connectivity index (χ1n) is 8.91. The van der Waals surface area contributed by atoms with Gasteiger partial charge in [0.15, 0.2) is 0 Å². The Morgan fingerprint density at radius 1 is 1.07 bits per heavy atom. The number of aromatic nitrogens is 6. The van der Waals surface area contributed by atoms with Gasteiger partial charge in [-0.25, -0.2) is 4.98 Å². The van der Waals surface area contributed by atoms with Crippen molar-refractivity contribution in [3.05, 3.63) is 43.0 Å². The molecule has 0 atom stereocenters. The van der Waals surface area contributed by atoms with Crippen molar-refractivity contribution in [1.29, 1.82) is 0 Å². The summed E-state index contributed by atoms with van der Waals surface area (Å²) in [7, 11) is 0. The second kappa shape index (κ2) is 6.81. The summed E-state index contributed by atoms with van der Waals surface area (Å²) in [6, 6.07) is 5.83. The Kier molecular flexibility index (Phi) is 4.02. The Bertz CT molecular complexity index is 1050. The number of ether oxygens (including phenoxy) is 2. The highest BCUT2D eigenvalue weighted by atomic mass is 16.5. The summed E-state index contributed by atoms with van der Waals surface area (Å²) in [6.45, 7) is 1.44. The fraction of sp³-hybridized carbons (Fsp3) is 0.263. The molecule has 0 bridgehead atoms. The van der Waals surface area contributed by atoms with E-state index in [1.807, 2.05) is 24.4 Å². The maximum Gasteiger partial charge on any atom is 0.225 e. The van der Waals surface area contributed by atoms with Gasteiger partial charge in [-0.3, -0.25) is 15.2 Å². The van der Waals surface area contributed by atoms with Gasteiger partial charge in [0.25, 0.3) is 0 Å². The molecule has 2 N–H and O–H groups in total. The number of aromatic amines is 2. The third-order valence-corrected chi connectivity index (χ3v) is 4.72. The van der Waals surface area contributed by atoms with E-state index in [9.17, 15) is 0 Å². The normalized spacial score (nSPS) is 15.3. The van der Waals surface area contributed by atoms with E-state index < -0.39 is 0 Å². The molecule has 8 nitrogen and oxygen atoms in total. The fourth-order valence-electron chi connectivity index (χ4n) is 3.31. The van der Waals surface area contributed by atoms with E-state index in [0.717, 1.165) is 59.5 Å². The van der Waals surface area contributed by atoms with Gasteiger partial charge in [0.2, 0.25) is 5.88 Å². The molecule has 0 amide bonds. The Morgan fingerprint density at radius 3 is 2.81 bits per heavy atom. The van der Waals surface area contributed by atoms with Crippen molar-refractivity contribution in [2.24, 2.45) is 0 Å². The highest BCUT2D eigenvalue weighted by molar-refractivity contribution is 5.96. The quantitative estimate of drug-likeness (QED) is 0.579. The van der Waals surface area contributed by atoms with E-state index in [4.69, 9.17) is 9.47 Å².